The molecule has 2 aromatic heterocycles. The zero-order chi connectivity index (χ0) is 13.4. The van der Waals surface area contributed by atoms with Crippen molar-refractivity contribution >= 4 is 5.97 Å². The zero-order valence-electron chi connectivity index (χ0n) is 11.0. The number of aromatic amines is 1. The van der Waals surface area contributed by atoms with Gasteiger partial charge in [0.2, 0.25) is 0 Å². The molecule has 0 atom stereocenters. The van der Waals surface area contributed by atoms with E-state index in [4.69, 9.17) is 4.74 Å². The van der Waals surface area contributed by atoms with E-state index in [2.05, 4.69) is 15.0 Å². The van der Waals surface area contributed by atoms with Gasteiger partial charge < -0.3 is 9.72 Å². The van der Waals surface area contributed by atoms with Crippen LogP contribution in [0.1, 0.15) is 34.2 Å². The van der Waals surface area contributed by atoms with E-state index in [1.54, 1.807) is 6.33 Å². The molecule has 1 N–H and O–H groups in total. The Morgan fingerprint density at radius 1 is 1.47 bits per heavy atom. The van der Waals surface area contributed by atoms with Crippen molar-refractivity contribution in [2.75, 3.05) is 6.61 Å². The van der Waals surface area contributed by atoms with Crippen molar-refractivity contribution in [1.82, 2.24) is 15.0 Å². The Morgan fingerprint density at radius 3 is 3.11 bits per heavy atom. The number of hydrogen-bond donors (Lipinski definition) is 1. The molecule has 0 aromatic carbocycles. The third kappa shape index (κ3) is 1.82. The fourth-order valence-corrected chi connectivity index (χ4v) is 2.65. The summed E-state index contributed by atoms with van der Waals surface area (Å²) in [5, 5.41) is 0. The molecule has 2 heterocycles. The van der Waals surface area contributed by atoms with Gasteiger partial charge in [0.1, 0.15) is 12.0 Å². The van der Waals surface area contributed by atoms with Crippen LogP contribution in [-0.4, -0.2) is 27.5 Å². The van der Waals surface area contributed by atoms with E-state index in [1.807, 2.05) is 20.0 Å². The zero-order valence-corrected chi connectivity index (χ0v) is 11.0. The number of ether oxygens (including phenoxy) is 1. The first-order valence-corrected chi connectivity index (χ1v) is 6.40. The number of nitrogens with one attached hydrogen (secondary N) is 1. The van der Waals surface area contributed by atoms with Crippen LogP contribution in [0.3, 0.4) is 0 Å². The highest BCUT2D eigenvalue weighted by Crippen LogP contribution is 2.36. The normalized spacial score (nSPS) is 12.7. The quantitative estimate of drug-likeness (QED) is 0.836. The second-order valence-electron chi connectivity index (χ2n) is 4.60. The minimum absolute atomic E-state index is 0.288. The van der Waals surface area contributed by atoms with Gasteiger partial charge in [0.25, 0.3) is 0 Å². The monoisotopic (exact) mass is 257 g/mol. The summed E-state index contributed by atoms with van der Waals surface area (Å²) in [4.78, 5) is 23.5. The molecule has 0 bridgehead atoms. The topological polar surface area (TPSA) is 67.9 Å². The largest absolute Gasteiger partial charge is 0.461 e. The molecule has 5 heteroatoms. The predicted octanol–water partition coefficient (Wildman–Crippen LogP) is 2.06. The molecule has 0 saturated heterocycles. The second kappa shape index (κ2) is 4.50. The van der Waals surface area contributed by atoms with Crippen LogP contribution in [-0.2, 0) is 17.6 Å². The molecule has 0 unspecified atom stereocenters. The van der Waals surface area contributed by atoms with Crippen molar-refractivity contribution in [3.63, 3.8) is 0 Å². The fraction of sp³-hybridized carbons (Fsp3) is 0.357. The van der Waals surface area contributed by atoms with E-state index in [9.17, 15) is 4.79 Å². The van der Waals surface area contributed by atoms with Gasteiger partial charge in [0, 0.05) is 17.5 Å². The number of rotatable bonds is 2. The van der Waals surface area contributed by atoms with Crippen LogP contribution in [0.4, 0.5) is 0 Å². The lowest BCUT2D eigenvalue weighted by molar-refractivity contribution is 0.0519. The van der Waals surface area contributed by atoms with Gasteiger partial charge >= 0.3 is 5.97 Å². The lowest BCUT2D eigenvalue weighted by Gasteiger charge is -2.16. The molecule has 98 valence electrons. The van der Waals surface area contributed by atoms with Crippen molar-refractivity contribution in [1.29, 1.82) is 0 Å². The van der Waals surface area contributed by atoms with E-state index < -0.39 is 0 Å². The summed E-state index contributed by atoms with van der Waals surface area (Å²) >= 11 is 0. The first kappa shape index (κ1) is 11.9. The molecule has 0 spiro atoms. The Hall–Kier alpha value is -2.17. The lowest BCUT2D eigenvalue weighted by atomic mass is 9.90. The molecule has 19 heavy (non-hydrogen) atoms. The summed E-state index contributed by atoms with van der Waals surface area (Å²) < 4.78 is 5.09. The fourth-order valence-electron chi connectivity index (χ4n) is 2.65. The third-order valence-corrected chi connectivity index (χ3v) is 3.44. The number of carbonyl (C=O) groups excluding carboxylic acids is 1. The molecule has 0 fully saturated rings. The smallest absolute Gasteiger partial charge is 0.355 e. The molecule has 1 aliphatic carbocycles. The molecule has 0 radical (unpaired) electrons. The van der Waals surface area contributed by atoms with Gasteiger partial charge in [-0.25, -0.2) is 14.8 Å². The average molecular weight is 257 g/mol. The van der Waals surface area contributed by atoms with Crippen molar-refractivity contribution in [3.8, 4) is 11.3 Å². The standard InChI is InChI=1S/C14H15N3O2/c1-3-19-14(18)13-10-5-4-9-6-15-7-16-12(9)11(10)8(2)17-13/h6-7,17H,3-5H2,1-2H3. The molecule has 0 amide bonds. The minimum Gasteiger partial charge on any atom is -0.461 e. The Bertz CT molecular complexity index is 646. The number of carbonyl (C=O) groups is 1. The number of H-pyrrole nitrogens is 1. The van der Waals surface area contributed by atoms with E-state index >= 15 is 0 Å². The van der Waals surface area contributed by atoms with Gasteiger partial charge in [-0.05, 0) is 37.8 Å². The first-order valence-electron chi connectivity index (χ1n) is 6.40. The summed E-state index contributed by atoms with van der Waals surface area (Å²) in [6.45, 7) is 4.14. The van der Waals surface area contributed by atoms with Gasteiger partial charge in [0.05, 0.1) is 12.3 Å². The SMILES string of the molecule is CCOC(=O)c1[nH]c(C)c2c1CCc1cncnc1-2. The van der Waals surface area contributed by atoms with Crippen LogP contribution < -0.4 is 0 Å². The van der Waals surface area contributed by atoms with Crippen LogP contribution in [0, 0.1) is 6.92 Å². The van der Waals surface area contributed by atoms with Crippen molar-refractivity contribution in [2.24, 2.45) is 0 Å². The van der Waals surface area contributed by atoms with Gasteiger partial charge in [-0.3, -0.25) is 0 Å². The van der Waals surface area contributed by atoms with E-state index in [0.29, 0.717) is 12.3 Å². The maximum absolute atomic E-state index is 12.0. The molecular weight excluding hydrogens is 242 g/mol. The van der Waals surface area contributed by atoms with Crippen molar-refractivity contribution < 1.29 is 9.53 Å². The number of aromatic nitrogens is 3. The molecule has 1 aliphatic rings. The maximum Gasteiger partial charge on any atom is 0.355 e. The Morgan fingerprint density at radius 2 is 2.32 bits per heavy atom. The van der Waals surface area contributed by atoms with Crippen molar-refractivity contribution in [3.05, 3.63) is 35.0 Å². The molecule has 0 aliphatic heterocycles. The average Bonchev–Trinajstić information content (AvgIpc) is 2.77. The highest BCUT2D eigenvalue weighted by Gasteiger charge is 2.27. The minimum atomic E-state index is -0.288. The Balaban J connectivity index is 2.15. The first-order chi connectivity index (χ1) is 9.22. The number of nitrogens with zero attached hydrogens (tertiary/aromatic N) is 2. The molecule has 5 nitrogen and oxygen atoms in total. The molecule has 3 rings (SSSR count). The van der Waals surface area contributed by atoms with Crippen LogP contribution in [0.2, 0.25) is 0 Å². The predicted molar refractivity (Wildman–Crippen MR) is 69.9 cm³/mol. The summed E-state index contributed by atoms with van der Waals surface area (Å²) in [7, 11) is 0. The second-order valence-corrected chi connectivity index (χ2v) is 4.60. The van der Waals surface area contributed by atoms with Crippen LogP contribution >= 0.6 is 0 Å². The highest BCUT2D eigenvalue weighted by atomic mass is 16.5. The molecular formula is C14H15N3O2. The Kier molecular flexibility index (Phi) is 2.81. The lowest BCUT2D eigenvalue weighted by Crippen LogP contribution is -2.11. The maximum atomic E-state index is 12.0. The van der Waals surface area contributed by atoms with Gasteiger partial charge in [-0.1, -0.05) is 0 Å². The summed E-state index contributed by atoms with van der Waals surface area (Å²) in [6, 6.07) is 0. The van der Waals surface area contributed by atoms with Crippen molar-refractivity contribution in [2.45, 2.75) is 26.7 Å². The van der Waals surface area contributed by atoms with Crippen LogP contribution in [0.15, 0.2) is 12.5 Å². The highest BCUT2D eigenvalue weighted by molar-refractivity contribution is 5.93. The summed E-state index contributed by atoms with van der Waals surface area (Å²) in [6.07, 6.45) is 5.06. The van der Waals surface area contributed by atoms with Gasteiger partial charge in [0.15, 0.2) is 0 Å². The number of hydrogen-bond acceptors (Lipinski definition) is 4. The van der Waals surface area contributed by atoms with E-state index in [1.165, 1.54) is 0 Å². The number of aryl methyl sites for hydroxylation is 2. The van der Waals surface area contributed by atoms with E-state index in [-0.39, 0.29) is 5.97 Å². The summed E-state index contributed by atoms with van der Waals surface area (Å²) in [5.74, 6) is -0.288. The number of esters is 1. The van der Waals surface area contributed by atoms with Crippen LogP contribution in [0.25, 0.3) is 11.3 Å². The number of fused-ring (bicyclic) bond motifs is 3. The summed E-state index contributed by atoms with van der Waals surface area (Å²) in [5.41, 5.74) is 5.64. The molecule has 2 aromatic rings. The Labute approximate surface area is 111 Å². The van der Waals surface area contributed by atoms with Gasteiger partial charge in [-0.15, -0.1) is 0 Å². The van der Waals surface area contributed by atoms with E-state index in [0.717, 1.165) is 40.9 Å². The third-order valence-electron chi connectivity index (χ3n) is 3.44. The van der Waals surface area contributed by atoms with Gasteiger partial charge in [-0.2, -0.15) is 0 Å². The van der Waals surface area contributed by atoms with Crippen LogP contribution in [0.5, 0.6) is 0 Å². The molecule has 0 saturated carbocycles.